The molecule has 1 aromatic heterocycles. The lowest BCUT2D eigenvalue weighted by Crippen LogP contribution is -2.50. The molecule has 1 atom stereocenters. The van der Waals surface area contributed by atoms with Crippen molar-refractivity contribution in [2.75, 3.05) is 17.8 Å². The van der Waals surface area contributed by atoms with Gasteiger partial charge < -0.3 is 15.2 Å². The lowest BCUT2D eigenvalue weighted by Gasteiger charge is -2.32. The Labute approximate surface area is 212 Å². The monoisotopic (exact) mass is 538 g/mol. The zero-order valence-electron chi connectivity index (χ0n) is 18.5. The number of aromatic nitrogens is 2. The molecule has 0 aliphatic carbocycles. The summed E-state index contributed by atoms with van der Waals surface area (Å²) in [5, 5.41) is 9.28. The van der Waals surface area contributed by atoms with Crippen LogP contribution in [0.25, 0.3) is 0 Å². The minimum atomic E-state index is -4.29. The van der Waals surface area contributed by atoms with Crippen molar-refractivity contribution in [2.24, 2.45) is 0 Å². The molecule has 13 heteroatoms. The third kappa shape index (κ3) is 5.54. The Morgan fingerprint density at radius 1 is 1.23 bits per heavy atom. The van der Waals surface area contributed by atoms with Crippen molar-refractivity contribution in [1.82, 2.24) is 19.2 Å². The second-order valence-electron chi connectivity index (χ2n) is 8.10. The topological polar surface area (TPSA) is 143 Å². The minimum Gasteiger partial charge on any atom is -0.398 e. The van der Waals surface area contributed by atoms with Crippen LogP contribution in [0.5, 0.6) is 0 Å². The van der Waals surface area contributed by atoms with Crippen LogP contribution < -0.4 is 15.9 Å². The van der Waals surface area contributed by atoms with Crippen molar-refractivity contribution in [2.45, 2.75) is 36.9 Å². The number of hydrogen-bond acceptors (Lipinski definition) is 7. The van der Waals surface area contributed by atoms with E-state index >= 15 is 0 Å². The van der Waals surface area contributed by atoms with Gasteiger partial charge in [-0.25, -0.2) is 18.9 Å². The summed E-state index contributed by atoms with van der Waals surface area (Å²) in [6.45, 7) is 1.01. The van der Waals surface area contributed by atoms with Crippen LogP contribution in [-0.4, -0.2) is 46.6 Å². The Morgan fingerprint density at radius 2 is 1.97 bits per heavy atom. The number of carbonyl (C=O) groups excluding carboxylic acids is 1. The van der Waals surface area contributed by atoms with Crippen molar-refractivity contribution in [3.05, 3.63) is 70.0 Å². The highest BCUT2D eigenvalue weighted by Gasteiger charge is 2.33. The number of nitrogens with one attached hydrogen (secondary N) is 2. The molecule has 1 amide bonds. The summed E-state index contributed by atoms with van der Waals surface area (Å²) >= 11 is 12.1. The van der Waals surface area contributed by atoms with Crippen LogP contribution in [0.3, 0.4) is 0 Å². The summed E-state index contributed by atoms with van der Waals surface area (Å²) in [5.41, 5.74) is 9.92. The van der Waals surface area contributed by atoms with E-state index in [0.29, 0.717) is 19.5 Å². The Bertz CT molecular complexity index is 1320. The number of imidazole rings is 1. The Morgan fingerprint density at radius 3 is 2.69 bits per heavy atom. The molecule has 2 heterocycles. The number of fused-ring (bicyclic) bond motifs is 1. The predicted molar refractivity (Wildman–Crippen MR) is 133 cm³/mol. The van der Waals surface area contributed by atoms with Gasteiger partial charge in [-0.3, -0.25) is 10.0 Å². The Balaban J connectivity index is 1.62. The van der Waals surface area contributed by atoms with Gasteiger partial charge in [-0.15, -0.1) is 0 Å². The zero-order chi connectivity index (χ0) is 25.2. The van der Waals surface area contributed by atoms with E-state index in [1.807, 2.05) is 29.7 Å². The quantitative estimate of drug-likeness (QED) is 0.255. The summed E-state index contributed by atoms with van der Waals surface area (Å²) in [5.74, 6) is -0.221. The number of hydrogen-bond donors (Lipinski definition) is 4. The lowest BCUT2D eigenvalue weighted by atomic mass is 9.99. The van der Waals surface area contributed by atoms with Gasteiger partial charge in [-0.2, -0.15) is 4.72 Å². The molecule has 2 aromatic carbocycles. The zero-order valence-corrected chi connectivity index (χ0v) is 20.8. The molecule has 1 aliphatic heterocycles. The number of nitrogens with zero attached hydrogens (tertiary/aromatic N) is 3. The maximum atomic E-state index is 13.6. The highest BCUT2D eigenvalue weighted by atomic mass is 35.5. The molecule has 3 aromatic rings. The lowest BCUT2D eigenvalue weighted by molar-refractivity contribution is -0.134. The SMILES string of the molecule is Nc1cc(Cl)cc(Cl)c1S(=O)(=O)NC(CCn1ccnc1NO)C(=O)N1CCc2ccccc2C1. The number of anilines is 2. The molecule has 0 saturated heterocycles. The van der Waals surface area contributed by atoms with E-state index in [4.69, 9.17) is 28.9 Å². The summed E-state index contributed by atoms with van der Waals surface area (Å²) in [4.78, 5) is 18.8. The van der Waals surface area contributed by atoms with Gasteiger partial charge in [-0.05, 0) is 36.1 Å². The molecular formula is C22H24Cl2N6O4S. The van der Waals surface area contributed by atoms with Crippen molar-refractivity contribution < 1.29 is 18.4 Å². The molecule has 4 rings (SSSR count). The van der Waals surface area contributed by atoms with Crippen LogP contribution >= 0.6 is 23.2 Å². The highest BCUT2D eigenvalue weighted by molar-refractivity contribution is 7.89. The third-order valence-electron chi connectivity index (χ3n) is 5.82. The Hall–Kier alpha value is -2.83. The van der Waals surface area contributed by atoms with Crippen molar-refractivity contribution in [3.8, 4) is 0 Å². The largest absolute Gasteiger partial charge is 0.398 e. The number of sulfonamides is 1. The fraction of sp³-hybridized carbons (Fsp3) is 0.273. The van der Waals surface area contributed by atoms with E-state index in [1.165, 1.54) is 18.3 Å². The predicted octanol–water partition coefficient (Wildman–Crippen LogP) is 2.90. The molecule has 186 valence electrons. The summed E-state index contributed by atoms with van der Waals surface area (Å²) in [7, 11) is -4.29. The normalized spacial score (nSPS) is 14.4. The van der Waals surface area contributed by atoms with E-state index in [9.17, 15) is 18.4 Å². The van der Waals surface area contributed by atoms with Crippen LogP contribution in [0.15, 0.2) is 53.7 Å². The number of rotatable bonds is 8. The van der Waals surface area contributed by atoms with Crippen LogP contribution in [0.2, 0.25) is 10.0 Å². The highest BCUT2D eigenvalue weighted by Crippen LogP contribution is 2.31. The molecule has 0 spiro atoms. The number of halogens is 2. The molecule has 5 N–H and O–H groups in total. The summed E-state index contributed by atoms with van der Waals surface area (Å²) in [6.07, 6.45) is 3.80. The maximum Gasteiger partial charge on any atom is 0.244 e. The first-order chi connectivity index (χ1) is 16.7. The van der Waals surface area contributed by atoms with Gasteiger partial charge in [-0.1, -0.05) is 47.5 Å². The standard InChI is InChI=1S/C22H24Cl2N6O4S/c23-16-11-17(24)20(18(25)12-16)35(33,34)28-19(6-9-29-10-7-26-22(29)27-32)21(31)30-8-5-14-3-1-2-4-15(14)13-30/h1-4,7,10-12,19,28,32H,5-6,8-9,13,25H2,(H,26,27). The van der Waals surface area contributed by atoms with Gasteiger partial charge in [0.05, 0.1) is 10.7 Å². The van der Waals surface area contributed by atoms with Crippen LogP contribution in [0.4, 0.5) is 11.6 Å². The van der Waals surface area contributed by atoms with E-state index < -0.39 is 16.1 Å². The number of aryl methyl sites for hydroxylation is 1. The van der Waals surface area contributed by atoms with Crippen LogP contribution in [0, 0.1) is 0 Å². The molecule has 35 heavy (non-hydrogen) atoms. The minimum absolute atomic E-state index is 0.0758. The van der Waals surface area contributed by atoms with E-state index in [-0.39, 0.29) is 45.4 Å². The van der Waals surface area contributed by atoms with Gasteiger partial charge in [0.25, 0.3) is 0 Å². The number of nitrogens with two attached hydrogens (primary N) is 1. The van der Waals surface area contributed by atoms with Crippen molar-refractivity contribution in [1.29, 1.82) is 0 Å². The number of benzene rings is 2. The average molecular weight is 539 g/mol. The van der Waals surface area contributed by atoms with E-state index in [0.717, 1.165) is 11.1 Å². The van der Waals surface area contributed by atoms with Crippen molar-refractivity contribution >= 4 is 50.8 Å². The molecular weight excluding hydrogens is 515 g/mol. The molecule has 0 saturated carbocycles. The van der Waals surface area contributed by atoms with E-state index in [2.05, 4.69) is 9.71 Å². The number of nitrogen functional groups attached to an aromatic ring is 1. The molecule has 1 unspecified atom stereocenters. The van der Waals surface area contributed by atoms with Gasteiger partial charge >= 0.3 is 0 Å². The average Bonchev–Trinajstić information content (AvgIpc) is 3.27. The van der Waals surface area contributed by atoms with Gasteiger partial charge in [0, 0.05) is 37.1 Å². The number of amides is 1. The molecule has 0 fully saturated rings. The first-order valence-electron chi connectivity index (χ1n) is 10.7. The molecule has 1 aliphatic rings. The van der Waals surface area contributed by atoms with Crippen LogP contribution in [0.1, 0.15) is 17.5 Å². The summed E-state index contributed by atoms with van der Waals surface area (Å²) in [6, 6.07) is 9.25. The Kier molecular flexibility index (Phi) is 7.53. The molecule has 10 nitrogen and oxygen atoms in total. The third-order valence-corrected chi connectivity index (χ3v) is 8.03. The molecule has 0 bridgehead atoms. The second-order valence-corrected chi connectivity index (χ2v) is 10.6. The smallest absolute Gasteiger partial charge is 0.244 e. The maximum absolute atomic E-state index is 13.6. The first kappa shape index (κ1) is 25.3. The van der Waals surface area contributed by atoms with Gasteiger partial charge in [0.1, 0.15) is 10.9 Å². The summed E-state index contributed by atoms with van der Waals surface area (Å²) < 4.78 is 30.7. The first-order valence-corrected chi connectivity index (χ1v) is 13.0. The fourth-order valence-electron chi connectivity index (χ4n) is 4.12. The van der Waals surface area contributed by atoms with Gasteiger partial charge in [0.2, 0.25) is 21.9 Å². The second kappa shape index (κ2) is 10.4. The number of carbonyl (C=O) groups is 1. The van der Waals surface area contributed by atoms with Crippen LogP contribution in [-0.2, 0) is 34.3 Å². The van der Waals surface area contributed by atoms with Gasteiger partial charge in [0.15, 0.2) is 0 Å². The fourth-order valence-corrected chi connectivity index (χ4v) is 6.33. The molecule has 0 radical (unpaired) electrons. The van der Waals surface area contributed by atoms with E-state index in [1.54, 1.807) is 15.7 Å². The van der Waals surface area contributed by atoms with Crippen molar-refractivity contribution in [3.63, 3.8) is 0 Å².